The average Bonchev–Trinajstić information content (AvgIpc) is 2.90. The van der Waals surface area contributed by atoms with E-state index in [-0.39, 0.29) is 9.47 Å². The van der Waals surface area contributed by atoms with Crippen LogP contribution in [0, 0.1) is 0 Å². The number of primary sulfonamides is 1. The summed E-state index contributed by atoms with van der Waals surface area (Å²) in [6.45, 7) is 2.50. The van der Waals surface area contributed by atoms with Crippen LogP contribution in [0.25, 0.3) is 0 Å². The largest absolute Gasteiger partial charge is 0.317 e. The number of anilines is 1. The molecule has 17 heavy (non-hydrogen) atoms. The second-order valence-electron chi connectivity index (χ2n) is 3.14. The van der Waals surface area contributed by atoms with E-state index in [1.54, 1.807) is 0 Å². The molecular formula is C7H13N5O3S2. The highest BCUT2D eigenvalue weighted by Crippen LogP contribution is 2.17. The van der Waals surface area contributed by atoms with E-state index in [0.29, 0.717) is 17.7 Å². The summed E-state index contributed by atoms with van der Waals surface area (Å²) in [5.41, 5.74) is 0. The van der Waals surface area contributed by atoms with Crippen molar-refractivity contribution in [3.63, 3.8) is 0 Å². The van der Waals surface area contributed by atoms with Crippen molar-refractivity contribution in [1.29, 1.82) is 0 Å². The summed E-state index contributed by atoms with van der Waals surface area (Å²) in [7, 11) is -3.81. The van der Waals surface area contributed by atoms with Crippen LogP contribution in [0.2, 0.25) is 0 Å². The Bertz CT molecular complexity index is 446. The Morgan fingerprint density at radius 3 is 2.35 bits per heavy atom. The van der Waals surface area contributed by atoms with Crippen LogP contribution in [0.4, 0.5) is 5.13 Å². The first kappa shape index (κ1) is 14.0. The lowest BCUT2D eigenvalue weighted by atomic mass is 10.4. The summed E-state index contributed by atoms with van der Waals surface area (Å²) in [6, 6.07) is 0. The summed E-state index contributed by atoms with van der Waals surface area (Å²) in [5.74, 6) is 0. The van der Waals surface area contributed by atoms with Gasteiger partial charge >= 0.3 is 0 Å². The minimum absolute atomic E-state index is 0.0917. The van der Waals surface area contributed by atoms with E-state index in [9.17, 15) is 13.2 Å². The van der Waals surface area contributed by atoms with Crippen LogP contribution in [0.15, 0.2) is 4.34 Å². The van der Waals surface area contributed by atoms with Gasteiger partial charge in [-0.1, -0.05) is 11.3 Å². The molecule has 0 aromatic carbocycles. The number of hydrogen-bond acceptors (Lipinski definition) is 7. The zero-order valence-corrected chi connectivity index (χ0v) is 10.6. The quantitative estimate of drug-likeness (QED) is 0.487. The summed E-state index contributed by atoms with van der Waals surface area (Å²) < 4.78 is 20.9. The van der Waals surface area contributed by atoms with Crippen molar-refractivity contribution in [2.75, 3.05) is 18.4 Å². The van der Waals surface area contributed by atoms with E-state index in [1.165, 1.54) is 25.9 Å². The number of carbonyl (C=O) groups excluding carboxylic acids is 1. The Labute approximate surface area is 103 Å². The van der Waals surface area contributed by atoms with E-state index >= 15 is 0 Å². The van der Waals surface area contributed by atoms with Gasteiger partial charge in [-0.05, 0) is 25.9 Å². The highest BCUT2D eigenvalue weighted by Gasteiger charge is 2.14. The lowest BCUT2D eigenvalue weighted by Crippen LogP contribution is -2.11. The summed E-state index contributed by atoms with van der Waals surface area (Å²) in [6.07, 6.45) is 3.15. The fourth-order valence-electron chi connectivity index (χ4n) is 1.06. The lowest BCUT2D eigenvalue weighted by Gasteiger charge is -1.85. The van der Waals surface area contributed by atoms with E-state index in [4.69, 9.17) is 5.14 Å². The molecule has 1 aromatic heterocycles. The summed E-state index contributed by atoms with van der Waals surface area (Å²) in [4.78, 5) is 9.88. The van der Waals surface area contributed by atoms with Gasteiger partial charge in [0.15, 0.2) is 0 Å². The van der Waals surface area contributed by atoms with Gasteiger partial charge in [0.1, 0.15) is 0 Å². The molecule has 0 unspecified atom stereocenters. The van der Waals surface area contributed by atoms with Crippen molar-refractivity contribution >= 4 is 32.9 Å². The predicted molar refractivity (Wildman–Crippen MR) is 63.1 cm³/mol. The molecule has 1 saturated heterocycles. The van der Waals surface area contributed by atoms with Gasteiger partial charge in [-0.2, -0.15) is 0 Å². The van der Waals surface area contributed by atoms with Crippen LogP contribution in [0.1, 0.15) is 12.8 Å². The first-order valence-corrected chi connectivity index (χ1v) is 7.17. The Balaban J connectivity index is 0.000000239. The maximum absolute atomic E-state index is 10.6. The molecule has 1 aromatic rings. The third kappa shape index (κ3) is 5.17. The molecule has 0 radical (unpaired) electrons. The molecular weight excluding hydrogens is 266 g/mol. The molecule has 1 amide bonds. The van der Waals surface area contributed by atoms with Gasteiger partial charge in [-0.15, -0.1) is 10.2 Å². The van der Waals surface area contributed by atoms with Crippen LogP contribution < -0.4 is 15.8 Å². The number of rotatable bonds is 3. The van der Waals surface area contributed by atoms with Crippen molar-refractivity contribution in [3.05, 3.63) is 0 Å². The van der Waals surface area contributed by atoms with Crippen LogP contribution in [0.3, 0.4) is 0 Å². The average molecular weight is 279 g/mol. The topological polar surface area (TPSA) is 127 Å². The normalized spacial score (nSPS) is 14.9. The molecule has 0 saturated carbocycles. The van der Waals surface area contributed by atoms with Gasteiger partial charge in [0.25, 0.3) is 10.0 Å². The molecule has 2 rings (SSSR count). The fourth-order valence-corrected chi connectivity index (χ4v) is 2.35. The molecule has 1 aliphatic rings. The number of nitrogens with one attached hydrogen (secondary N) is 2. The molecule has 96 valence electrons. The van der Waals surface area contributed by atoms with Gasteiger partial charge in [0.2, 0.25) is 15.9 Å². The fraction of sp³-hybridized carbons (Fsp3) is 0.571. The number of hydrogen-bond donors (Lipinski definition) is 3. The minimum atomic E-state index is -3.81. The van der Waals surface area contributed by atoms with E-state index in [1.807, 2.05) is 0 Å². The van der Waals surface area contributed by atoms with Gasteiger partial charge in [0, 0.05) is 0 Å². The molecule has 1 fully saturated rings. The zero-order chi connectivity index (χ0) is 12.7. The number of carbonyl (C=O) groups is 1. The molecule has 8 nitrogen and oxygen atoms in total. The molecule has 0 spiro atoms. The number of aromatic nitrogens is 2. The Kier molecular flexibility index (Phi) is 5.41. The lowest BCUT2D eigenvalue weighted by molar-refractivity contribution is -0.105. The summed E-state index contributed by atoms with van der Waals surface area (Å²) >= 11 is 0.687. The third-order valence-electron chi connectivity index (χ3n) is 1.79. The van der Waals surface area contributed by atoms with Crippen molar-refractivity contribution in [1.82, 2.24) is 15.5 Å². The first-order chi connectivity index (χ1) is 8.04. The second-order valence-corrected chi connectivity index (χ2v) is 5.85. The third-order valence-corrected chi connectivity index (χ3v) is 3.95. The predicted octanol–water partition coefficient (Wildman–Crippen LogP) is -0.876. The van der Waals surface area contributed by atoms with Crippen molar-refractivity contribution in [2.24, 2.45) is 5.14 Å². The summed E-state index contributed by atoms with van der Waals surface area (Å²) in [5, 5.41) is 16.8. The molecule has 0 atom stereocenters. The SMILES string of the molecule is C1CCNC1.NS(=O)(=O)c1nnc(NC=O)s1. The Morgan fingerprint density at radius 2 is 2.00 bits per heavy atom. The standard InChI is InChI=1S/C4H9N.C3H4N4O3S2/c1-2-4-5-3-1;4-12(9,10)3-7-6-2(11-3)5-1-8/h5H,1-4H2;1H,(H2,4,9,10)(H,5,6,8). The molecule has 0 aliphatic carbocycles. The van der Waals surface area contributed by atoms with Crippen molar-refractivity contribution in [3.8, 4) is 0 Å². The number of nitrogens with two attached hydrogens (primary N) is 1. The monoisotopic (exact) mass is 279 g/mol. The van der Waals surface area contributed by atoms with E-state index < -0.39 is 10.0 Å². The molecule has 0 bridgehead atoms. The highest BCUT2D eigenvalue weighted by molar-refractivity contribution is 7.91. The zero-order valence-electron chi connectivity index (χ0n) is 8.92. The van der Waals surface area contributed by atoms with Crippen LogP contribution in [-0.4, -0.2) is 38.1 Å². The first-order valence-electron chi connectivity index (χ1n) is 4.81. The van der Waals surface area contributed by atoms with E-state index in [2.05, 4.69) is 20.8 Å². The maximum Gasteiger partial charge on any atom is 0.267 e. The maximum atomic E-state index is 10.6. The Hall–Kier alpha value is -1.10. The second kappa shape index (κ2) is 6.59. The van der Waals surface area contributed by atoms with Crippen LogP contribution >= 0.6 is 11.3 Å². The number of sulfonamides is 1. The molecule has 1 aliphatic heterocycles. The van der Waals surface area contributed by atoms with Crippen molar-refractivity contribution < 1.29 is 13.2 Å². The Morgan fingerprint density at radius 1 is 1.35 bits per heavy atom. The van der Waals surface area contributed by atoms with Gasteiger partial charge < -0.3 is 10.6 Å². The number of amides is 1. The van der Waals surface area contributed by atoms with Crippen LogP contribution in [-0.2, 0) is 14.8 Å². The highest BCUT2D eigenvalue weighted by atomic mass is 32.2. The smallest absolute Gasteiger partial charge is 0.267 e. The molecule has 10 heteroatoms. The molecule has 2 heterocycles. The number of nitrogens with zero attached hydrogens (tertiary/aromatic N) is 2. The van der Waals surface area contributed by atoms with Crippen molar-refractivity contribution in [2.45, 2.75) is 17.2 Å². The van der Waals surface area contributed by atoms with Gasteiger partial charge in [-0.25, -0.2) is 13.6 Å². The van der Waals surface area contributed by atoms with Gasteiger partial charge in [-0.3, -0.25) is 4.79 Å². The minimum Gasteiger partial charge on any atom is -0.317 e. The van der Waals surface area contributed by atoms with Crippen LogP contribution in [0.5, 0.6) is 0 Å². The van der Waals surface area contributed by atoms with Gasteiger partial charge in [0.05, 0.1) is 0 Å². The van der Waals surface area contributed by atoms with E-state index in [0.717, 1.165) is 0 Å². The molecule has 4 N–H and O–H groups in total.